The smallest absolute Gasteiger partial charge is 0.294 e. The molecule has 0 spiro atoms. The molecule has 1 saturated carbocycles. The Labute approximate surface area is 93.3 Å². The van der Waals surface area contributed by atoms with Gasteiger partial charge in [-0.25, -0.2) is 0 Å². The molecular weight excluding hydrogens is 212 g/mol. The van der Waals surface area contributed by atoms with Crippen molar-refractivity contribution >= 4 is 11.3 Å². The molecule has 5 heteroatoms. The first-order chi connectivity index (χ1) is 7.28. The quantitative estimate of drug-likeness (QED) is 0.859. The van der Waals surface area contributed by atoms with Crippen LogP contribution >= 0.6 is 11.3 Å². The molecular formula is C10H16N2O2S. The first kappa shape index (κ1) is 10.8. The molecule has 0 aliphatic heterocycles. The van der Waals surface area contributed by atoms with Crippen LogP contribution in [0.3, 0.4) is 0 Å². The van der Waals surface area contributed by atoms with Gasteiger partial charge in [0.25, 0.3) is 5.19 Å². The summed E-state index contributed by atoms with van der Waals surface area (Å²) in [6.45, 7) is 2.21. The fraction of sp³-hybridized carbons (Fsp3) is 0.800. The van der Waals surface area contributed by atoms with Crippen molar-refractivity contribution in [3.8, 4) is 5.19 Å². The first-order valence-electron chi connectivity index (χ1n) is 5.38. The highest BCUT2D eigenvalue weighted by Crippen LogP contribution is 2.28. The Kier molecular flexibility index (Phi) is 3.53. The highest BCUT2D eigenvalue weighted by atomic mass is 32.1. The van der Waals surface area contributed by atoms with E-state index in [4.69, 9.17) is 9.84 Å². The minimum Gasteiger partial charge on any atom is -0.466 e. The first-order valence-corrected chi connectivity index (χ1v) is 6.19. The number of rotatable bonds is 3. The maximum Gasteiger partial charge on any atom is 0.294 e. The normalized spacial score (nSPS) is 26.5. The molecule has 1 N–H and O–H groups in total. The summed E-state index contributed by atoms with van der Waals surface area (Å²) in [4.78, 5) is 0. The highest BCUT2D eigenvalue weighted by molar-refractivity contribution is 7.13. The number of aliphatic hydroxyl groups excluding tert-OH is 1. The molecule has 1 aliphatic carbocycles. The molecule has 1 aromatic heterocycles. The van der Waals surface area contributed by atoms with Crippen LogP contribution in [0.15, 0.2) is 0 Å². The van der Waals surface area contributed by atoms with Gasteiger partial charge in [-0.15, -0.1) is 5.10 Å². The molecule has 0 bridgehead atoms. The molecule has 0 radical (unpaired) electrons. The number of aromatic nitrogens is 2. The highest BCUT2D eigenvalue weighted by Gasteiger charge is 2.21. The summed E-state index contributed by atoms with van der Waals surface area (Å²) in [5.74, 6) is 0.744. The predicted molar refractivity (Wildman–Crippen MR) is 57.9 cm³/mol. The Balaban J connectivity index is 1.90. The van der Waals surface area contributed by atoms with Gasteiger partial charge in [-0.2, -0.15) is 0 Å². The van der Waals surface area contributed by atoms with Crippen molar-refractivity contribution in [3.63, 3.8) is 0 Å². The molecule has 0 aromatic carbocycles. The van der Waals surface area contributed by atoms with E-state index in [0.29, 0.717) is 10.2 Å². The second kappa shape index (κ2) is 4.90. The Hall–Kier alpha value is -0.680. The summed E-state index contributed by atoms with van der Waals surface area (Å²) >= 11 is 1.33. The van der Waals surface area contributed by atoms with Crippen LogP contribution in [0.25, 0.3) is 0 Å². The summed E-state index contributed by atoms with van der Waals surface area (Å²) < 4.78 is 5.74. The summed E-state index contributed by atoms with van der Waals surface area (Å²) in [5.41, 5.74) is 0. The lowest BCUT2D eigenvalue weighted by molar-refractivity contribution is 0.128. The lowest BCUT2D eigenvalue weighted by Gasteiger charge is -2.25. The van der Waals surface area contributed by atoms with Gasteiger partial charge in [0, 0.05) is 0 Å². The third-order valence-corrected chi connectivity index (χ3v) is 3.54. The fourth-order valence-corrected chi connectivity index (χ4v) is 2.59. The average Bonchev–Trinajstić information content (AvgIpc) is 2.65. The van der Waals surface area contributed by atoms with E-state index in [1.807, 2.05) is 0 Å². The van der Waals surface area contributed by atoms with Gasteiger partial charge >= 0.3 is 0 Å². The van der Waals surface area contributed by atoms with Crippen molar-refractivity contribution in [3.05, 3.63) is 5.01 Å². The van der Waals surface area contributed by atoms with Gasteiger partial charge in [0.05, 0.1) is 6.61 Å². The maximum atomic E-state index is 8.85. The van der Waals surface area contributed by atoms with Crippen molar-refractivity contribution in [1.29, 1.82) is 0 Å². The van der Waals surface area contributed by atoms with E-state index in [-0.39, 0.29) is 12.7 Å². The minimum atomic E-state index is -0.0535. The van der Waals surface area contributed by atoms with E-state index in [0.717, 1.165) is 18.8 Å². The zero-order valence-electron chi connectivity index (χ0n) is 8.85. The van der Waals surface area contributed by atoms with Crippen LogP contribution in [-0.2, 0) is 6.61 Å². The molecule has 0 amide bonds. The van der Waals surface area contributed by atoms with Gasteiger partial charge in [0.15, 0.2) is 0 Å². The lowest BCUT2D eigenvalue weighted by atomic mass is 9.89. The van der Waals surface area contributed by atoms with E-state index >= 15 is 0 Å². The van der Waals surface area contributed by atoms with Gasteiger partial charge in [-0.3, -0.25) is 0 Å². The number of aliphatic hydroxyl groups is 1. The van der Waals surface area contributed by atoms with Crippen LogP contribution < -0.4 is 4.74 Å². The SMILES string of the molecule is CC1CCCC(Oc2nnc(CO)s2)C1. The molecule has 2 atom stereocenters. The van der Waals surface area contributed by atoms with E-state index in [1.54, 1.807) is 0 Å². The van der Waals surface area contributed by atoms with Crippen LogP contribution in [0.5, 0.6) is 5.19 Å². The van der Waals surface area contributed by atoms with Gasteiger partial charge < -0.3 is 9.84 Å². The van der Waals surface area contributed by atoms with Gasteiger partial charge in [-0.1, -0.05) is 29.8 Å². The van der Waals surface area contributed by atoms with E-state index in [2.05, 4.69) is 17.1 Å². The van der Waals surface area contributed by atoms with Crippen LogP contribution in [0.4, 0.5) is 0 Å². The Bertz CT molecular complexity index is 316. The molecule has 0 saturated heterocycles. The monoisotopic (exact) mass is 228 g/mol. The summed E-state index contributed by atoms with van der Waals surface area (Å²) in [6, 6.07) is 0. The third-order valence-electron chi connectivity index (χ3n) is 2.74. The maximum absolute atomic E-state index is 8.85. The molecule has 4 nitrogen and oxygen atoms in total. The lowest BCUT2D eigenvalue weighted by Crippen LogP contribution is -2.23. The van der Waals surface area contributed by atoms with Crippen molar-refractivity contribution < 1.29 is 9.84 Å². The van der Waals surface area contributed by atoms with Crippen molar-refractivity contribution in [2.75, 3.05) is 0 Å². The number of nitrogens with zero attached hydrogens (tertiary/aromatic N) is 2. The van der Waals surface area contributed by atoms with E-state index < -0.39 is 0 Å². The molecule has 84 valence electrons. The Morgan fingerprint density at radius 1 is 1.47 bits per heavy atom. The summed E-state index contributed by atoms with van der Waals surface area (Å²) in [6.07, 6.45) is 5.04. The van der Waals surface area contributed by atoms with E-state index in [9.17, 15) is 0 Å². The number of hydrogen-bond acceptors (Lipinski definition) is 5. The van der Waals surface area contributed by atoms with Gasteiger partial charge in [0.1, 0.15) is 11.1 Å². The van der Waals surface area contributed by atoms with Crippen molar-refractivity contribution in [1.82, 2.24) is 10.2 Å². The molecule has 1 fully saturated rings. The molecule has 1 aromatic rings. The molecule has 15 heavy (non-hydrogen) atoms. The molecule has 2 rings (SSSR count). The fourth-order valence-electron chi connectivity index (χ4n) is 1.98. The topological polar surface area (TPSA) is 55.2 Å². The Morgan fingerprint density at radius 3 is 3.00 bits per heavy atom. The Morgan fingerprint density at radius 2 is 2.33 bits per heavy atom. The van der Waals surface area contributed by atoms with Gasteiger partial charge in [0.2, 0.25) is 0 Å². The van der Waals surface area contributed by atoms with Crippen molar-refractivity contribution in [2.24, 2.45) is 5.92 Å². The van der Waals surface area contributed by atoms with Crippen LogP contribution in [0.2, 0.25) is 0 Å². The molecule has 2 unspecified atom stereocenters. The van der Waals surface area contributed by atoms with E-state index in [1.165, 1.54) is 24.2 Å². The third kappa shape index (κ3) is 2.89. The van der Waals surface area contributed by atoms with Crippen LogP contribution in [0, 0.1) is 5.92 Å². The number of hydrogen-bond donors (Lipinski definition) is 1. The van der Waals surface area contributed by atoms with Crippen LogP contribution in [-0.4, -0.2) is 21.4 Å². The average molecular weight is 228 g/mol. The summed E-state index contributed by atoms with van der Waals surface area (Å²) in [5, 5.41) is 17.8. The largest absolute Gasteiger partial charge is 0.466 e. The zero-order valence-corrected chi connectivity index (χ0v) is 9.66. The second-order valence-corrected chi connectivity index (χ2v) is 5.16. The predicted octanol–water partition coefficient (Wildman–Crippen LogP) is 1.99. The molecule has 1 aliphatic rings. The van der Waals surface area contributed by atoms with Crippen molar-refractivity contribution in [2.45, 2.75) is 45.3 Å². The number of ether oxygens (including phenoxy) is 1. The zero-order chi connectivity index (χ0) is 10.7. The second-order valence-electron chi connectivity index (χ2n) is 4.13. The van der Waals surface area contributed by atoms with Gasteiger partial charge in [-0.05, 0) is 25.2 Å². The molecule has 1 heterocycles. The summed E-state index contributed by atoms with van der Waals surface area (Å²) in [7, 11) is 0. The minimum absolute atomic E-state index is 0.0535. The standard InChI is InChI=1S/C10H16N2O2S/c1-7-3-2-4-8(5-7)14-10-12-11-9(6-13)15-10/h7-8,13H,2-6H2,1H3. The van der Waals surface area contributed by atoms with Crippen LogP contribution in [0.1, 0.15) is 37.6 Å².